The van der Waals surface area contributed by atoms with Crippen LogP contribution in [0.25, 0.3) is 22.3 Å². The van der Waals surface area contributed by atoms with Gasteiger partial charge in [0, 0.05) is 43.2 Å². The zero-order chi connectivity index (χ0) is 24.2. The molecule has 4 aromatic rings. The Hall–Kier alpha value is -3.91. The molecule has 5 rings (SSSR count). The van der Waals surface area contributed by atoms with E-state index in [4.69, 9.17) is 9.84 Å². The van der Waals surface area contributed by atoms with Crippen LogP contribution in [0.15, 0.2) is 78.4 Å². The lowest BCUT2D eigenvalue weighted by molar-refractivity contribution is -0.127. The molecule has 1 aromatic carbocycles. The van der Waals surface area contributed by atoms with Crippen molar-refractivity contribution in [2.75, 3.05) is 20.2 Å². The number of hydrogen-bond acceptors (Lipinski definition) is 5. The van der Waals surface area contributed by atoms with E-state index in [0.29, 0.717) is 18.8 Å². The Morgan fingerprint density at radius 1 is 1.06 bits per heavy atom. The summed E-state index contributed by atoms with van der Waals surface area (Å²) < 4.78 is 8.70. The third-order valence-corrected chi connectivity index (χ3v) is 7.14. The van der Waals surface area contributed by atoms with E-state index in [9.17, 15) is 9.59 Å². The zero-order valence-electron chi connectivity index (χ0n) is 19.4. The van der Waals surface area contributed by atoms with Gasteiger partial charge >= 0.3 is 5.97 Å². The molecule has 1 saturated heterocycles. The minimum absolute atomic E-state index is 0.0197. The summed E-state index contributed by atoms with van der Waals surface area (Å²) in [6, 6.07) is 17.8. The Kier molecular flexibility index (Phi) is 6.63. The molecule has 0 aliphatic carbocycles. The van der Waals surface area contributed by atoms with Crippen LogP contribution in [-0.2, 0) is 9.53 Å². The SMILES string of the molecule is COC(=O)c1cccn1C1CCN(C(=O)/C=C\c2cn(-c3ccccc3)nc2-c2cccs2)CC1. The predicted molar refractivity (Wildman–Crippen MR) is 137 cm³/mol. The maximum Gasteiger partial charge on any atom is 0.354 e. The number of para-hydroxylation sites is 1. The molecule has 8 heteroatoms. The van der Waals surface area contributed by atoms with Crippen molar-refractivity contribution in [2.45, 2.75) is 18.9 Å². The number of nitrogens with zero attached hydrogens (tertiary/aromatic N) is 4. The Bertz CT molecular complexity index is 1330. The second-order valence-electron chi connectivity index (χ2n) is 8.37. The van der Waals surface area contributed by atoms with Gasteiger partial charge in [-0.3, -0.25) is 4.79 Å². The summed E-state index contributed by atoms with van der Waals surface area (Å²) in [6.45, 7) is 1.27. The second-order valence-corrected chi connectivity index (χ2v) is 9.32. The molecule has 0 unspecified atom stereocenters. The summed E-state index contributed by atoms with van der Waals surface area (Å²) in [5.41, 5.74) is 3.27. The number of amides is 1. The van der Waals surface area contributed by atoms with Crippen LogP contribution >= 0.6 is 11.3 Å². The fourth-order valence-electron chi connectivity index (χ4n) is 4.45. The molecule has 0 bridgehead atoms. The highest BCUT2D eigenvalue weighted by Crippen LogP contribution is 2.29. The monoisotopic (exact) mass is 486 g/mol. The van der Waals surface area contributed by atoms with Gasteiger partial charge < -0.3 is 14.2 Å². The van der Waals surface area contributed by atoms with E-state index in [1.165, 1.54) is 7.11 Å². The van der Waals surface area contributed by atoms with E-state index in [1.54, 1.807) is 23.5 Å². The standard InChI is InChI=1S/C27H26N4O3S/c1-34-27(33)23-9-5-15-30(23)21-13-16-29(17-14-21)25(32)12-11-20-19-31(22-7-3-2-4-8-22)28-26(20)24-10-6-18-35-24/h2-12,15,18-19,21H,13-14,16-17H2,1H3/b12-11-. The van der Waals surface area contributed by atoms with E-state index in [2.05, 4.69) is 0 Å². The molecular weight excluding hydrogens is 460 g/mol. The Morgan fingerprint density at radius 3 is 2.57 bits per heavy atom. The molecule has 1 fully saturated rings. The minimum Gasteiger partial charge on any atom is -0.464 e. The van der Waals surface area contributed by atoms with Gasteiger partial charge in [0.1, 0.15) is 11.4 Å². The molecule has 4 heterocycles. The smallest absolute Gasteiger partial charge is 0.354 e. The fourth-order valence-corrected chi connectivity index (χ4v) is 5.18. The fraction of sp³-hybridized carbons (Fsp3) is 0.222. The highest BCUT2D eigenvalue weighted by atomic mass is 32.1. The van der Waals surface area contributed by atoms with Gasteiger partial charge in [0.25, 0.3) is 0 Å². The third-order valence-electron chi connectivity index (χ3n) is 6.27. The average molecular weight is 487 g/mol. The van der Waals surface area contributed by atoms with Crippen LogP contribution in [0.1, 0.15) is 34.9 Å². The highest BCUT2D eigenvalue weighted by Gasteiger charge is 2.25. The summed E-state index contributed by atoms with van der Waals surface area (Å²) in [7, 11) is 1.39. The third kappa shape index (κ3) is 4.83. The Balaban J connectivity index is 1.29. The van der Waals surface area contributed by atoms with E-state index in [0.717, 1.165) is 34.7 Å². The summed E-state index contributed by atoms with van der Waals surface area (Å²) >= 11 is 1.62. The number of likely N-dealkylation sites (tertiary alicyclic amines) is 1. The van der Waals surface area contributed by atoms with Crippen LogP contribution in [0, 0.1) is 0 Å². The first-order chi connectivity index (χ1) is 17.1. The zero-order valence-corrected chi connectivity index (χ0v) is 20.2. The van der Waals surface area contributed by atoms with Crippen molar-refractivity contribution in [1.29, 1.82) is 0 Å². The molecule has 7 nitrogen and oxygen atoms in total. The highest BCUT2D eigenvalue weighted by molar-refractivity contribution is 7.13. The van der Waals surface area contributed by atoms with Crippen molar-refractivity contribution in [3.8, 4) is 16.3 Å². The Morgan fingerprint density at radius 2 is 1.86 bits per heavy atom. The summed E-state index contributed by atoms with van der Waals surface area (Å²) in [5.74, 6) is -0.359. The van der Waals surface area contributed by atoms with Gasteiger partial charge in [-0.15, -0.1) is 11.3 Å². The van der Waals surface area contributed by atoms with E-state index in [1.807, 2.05) is 86.5 Å². The predicted octanol–water partition coefficient (Wildman–Crippen LogP) is 5.07. The molecule has 35 heavy (non-hydrogen) atoms. The normalized spacial score (nSPS) is 14.5. The van der Waals surface area contributed by atoms with Gasteiger partial charge in [0.2, 0.25) is 5.91 Å². The van der Waals surface area contributed by atoms with E-state index >= 15 is 0 Å². The van der Waals surface area contributed by atoms with Gasteiger partial charge in [0.05, 0.1) is 17.7 Å². The van der Waals surface area contributed by atoms with Crippen LogP contribution in [0.5, 0.6) is 0 Å². The van der Waals surface area contributed by atoms with Crippen molar-refractivity contribution in [2.24, 2.45) is 0 Å². The molecule has 1 amide bonds. The number of hydrogen-bond donors (Lipinski definition) is 0. The van der Waals surface area contributed by atoms with Gasteiger partial charge in [-0.25, -0.2) is 9.48 Å². The number of benzene rings is 1. The van der Waals surface area contributed by atoms with Gasteiger partial charge in [-0.2, -0.15) is 5.10 Å². The maximum atomic E-state index is 13.0. The van der Waals surface area contributed by atoms with E-state index < -0.39 is 0 Å². The number of thiophene rings is 1. The molecule has 0 spiro atoms. The lowest BCUT2D eigenvalue weighted by atomic mass is 10.0. The van der Waals surface area contributed by atoms with Crippen molar-refractivity contribution < 1.29 is 14.3 Å². The minimum atomic E-state index is -0.339. The van der Waals surface area contributed by atoms with Crippen molar-refractivity contribution in [3.05, 3.63) is 89.7 Å². The quantitative estimate of drug-likeness (QED) is 0.282. The van der Waals surface area contributed by atoms with Gasteiger partial charge in [0.15, 0.2) is 0 Å². The molecule has 0 saturated carbocycles. The molecular formula is C27H26N4O3S. The Labute approximate surface area is 207 Å². The van der Waals surface area contributed by atoms with Crippen LogP contribution in [0.4, 0.5) is 0 Å². The van der Waals surface area contributed by atoms with Crippen LogP contribution < -0.4 is 0 Å². The first kappa shape index (κ1) is 22.9. The molecule has 0 radical (unpaired) electrons. The molecule has 3 aromatic heterocycles. The number of carbonyl (C=O) groups is 2. The number of ether oxygens (including phenoxy) is 1. The van der Waals surface area contributed by atoms with Crippen LogP contribution in [-0.4, -0.2) is 51.3 Å². The number of rotatable bonds is 6. The molecule has 178 valence electrons. The van der Waals surface area contributed by atoms with Gasteiger partial charge in [-0.05, 0) is 54.6 Å². The first-order valence-corrected chi connectivity index (χ1v) is 12.4. The number of carbonyl (C=O) groups excluding carboxylic acids is 2. The van der Waals surface area contributed by atoms with Crippen molar-refractivity contribution in [1.82, 2.24) is 19.2 Å². The molecule has 0 atom stereocenters. The van der Waals surface area contributed by atoms with Crippen molar-refractivity contribution in [3.63, 3.8) is 0 Å². The summed E-state index contributed by atoms with van der Waals surface area (Å²) in [5, 5.41) is 6.82. The largest absolute Gasteiger partial charge is 0.464 e. The maximum absolute atomic E-state index is 13.0. The number of esters is 1. The lowest BCUT2D eigenvalue weighted by Crippen LogP contribution is -2.38. The first-order valence-electron chi connectivity index (χ1n) is 11.5. The topological polar surface area (TPSA) is 69.4 Å². The van der Waals surface area contributed by atoms with Crippen LogP contribution in [0.2, 0.25) is 0 Å². The van der Waals surface area contributed by atoms with Crippen molar-refractivity contribution >= 4 is 29.3 Å². The molecule has 0 N–H and O–H groups in total. The summed E-state index contributed by atoms with van der Waals surface area (Å²) in [4.78, 5) is 27.9. The molecule has 1 aliphatic rings. The lowest BCUT2D eigenvalue weighted by Gasteiger charge is -2.32. The summed E-state index contributed by atoms with van der Waals surface area (Å²) in [6.07, 6.45) is 8.93. The number of piperidine rings is 1. The second kappa shape index (κ2) is 10.1. The number of methoxy groups -OCH3 is 1. The van der Waals surface area contributed by atoms with Crippen LogP contribution in [0.3, 0.4) is 0 Å². The number of aromatic nitrogens is 3. The van der Waals surface area contributed by atoms with Gasteiger partial charge in [-0.1, -0.05) is 24.3 Å². The average Bonchev–Trinajstić information content (AvgIpc) is 3.68. The van der Waals surface area contributed by atoms with E-state index in [-0.39, 0.29) is 17.9 Å². The molecule has 1 aliphatic heterocycles.